The van der Waals surface area contributed by atoms with Gasteiger partial charge in [-0.25, -0.2) is 4.79 Å². The number of carboxylic acid groups (broad SMARTS) is 1. The fraction of sp³-hybridized carbons (Fsp3) is 0.529. The fourth-order valence-electron chi connectivity index (χ4n) is 3.31. The van der Waals surface area contributed by atoms with Crippen molar-refractivity contribution in [2.24, 2.45) is 0 Å². The standard InChI is InChI=1S/C17H22ClN3O5/c1-17(2,3)20(16(23)24)12-5-4-8-19(10-12)15(22)11-6-7-13(18)14(9-11)21(25)26/h6-7,9,12H,4-5,8,10H2,1-3H3,(H,23,24)/t12-/m1/s1. The van der Waals surface area contributed by atoms with E-state index in [1.807, 2.05) is 20.8 Å². The minimum absolute atomic E-state index is 0.0344. The number of piperidine rings is 1. The highest BCUT2D eigenvalue weighted by molar-refractivity contribution is 6.32. The number of carbonyl (C=O) groups excluding carboxylic acids is 1. The lowest BCUT2D eigenvalue weighted by Crippen LogP contribution is -2.57. The number of hydrogen-bond acceptors (Lipinski definition) is 4. The maximum absolute atomic E-state index is 12.8. The van der Waals surface area contributed by atoms with Crippen LogP contribution in [0.2, 0.25) is 5.02 Å². The van der Waals surface area contributed by atoms with Crippen molar-refractivity contribution in [3.63, 3.8) is 0 Å². The molecule has 142 valence electrons. The van der Waals surface area contributed by atoms with Crippen LogP contribution < -0.4 is 0 Å². The maximum Gasteiger partial charge on any atom is 0.408 e. The Morgan fingerprint density at radius 1 is 1.38 bits per heavy atom. The first kappa shape index (κ1) is 20.0. The van der Waals surface area contributed by atoms with E-state index in [9.17, 15) is 24.8 Å². The van der Waals surface area contributed by atoms with Gasteiger partial charge >= 0.3 is 6.09 Å². The zero-order valence-corrected chi connectivity index (χ0v) is 15.7. The van der Waals surface area contributed by atoms with E-state index in [-0.39, 0.29) is 34.8 Å². The van der Waals surface area contributed by atoms with Crippen LogP contribution in [0.1, 0.15) is 44.0 Å². The van der Waals surface area contributed by atoms with Gasteiger partial charge in [0.05, 0.1) is 11.0 Å². The Balaban J connectivity index is 2.24. The molecule has 0 saturated carbocycles. The zero-order valence-electron chi connectivity index (χ0n) is 14.9. The van der Waals surface area contributed by atoms with E-state index < -0.39 is 16.6 Å². The number of likely N-dealkylation sites (tertiary alicyclic amines) is 1. The summed E-state index contributed by atoms with van der Waals surface area (Å²) < 4.78 is 0. The Kier molecular flexibility index (Phi) is 5.75. The average Bonchev–Trinajstić information content (AvgIpc) is 2.53. The Hall–Kier alpha value is -2.35. The van der Waals surface area contributed by atoms with Crippen LogP contribution in [0.5, 0.6) is 0 Å². The van der Waals surface area contributed by atoms with Crippen LogP contribution in [-0.4, -0.2) is 56.5 Å². The SMILES string of the molecule is CC(C)(C)N(C(=O)O)[C@@H]1CCCN(C(=O)c2ccc(Cl)c([N+](=O)[O-])c2)C1. The molecular formula is C17H22ClN3O5. The molecule has 0 spiro atoms. The van der Waals surface area contributed by atoms with Gasteiger partial charge in [0.1, 0.15) is 5.02 Å². The van der Waals surface area contributed by atoms with Crippen LogP contribution in [-0.2, 0) is 0 Å². The van der Waals surface area contributed by atoms with Gasteiger partial charge in [0.15, 0.2) is 0 Å². The molecule has 1 aromatic carbocycles. The lowest BCUT2D eigenvalue weighted by atomic mass is 9.97. The molecule has 0 radical (unpaired) electrons. The summed E-state index contributed by atoms with van der Waals surface area (Å²) in [5, 5.41) is 20.6. The van der Waals surface area contributed by atoms with Gasteiger partial charge in [0, 0.05) is 30.3 Å². The predicted octanol–water partition coefficient (Wildman–Crippen LogP) is 3.63. The van der Waals surface area contributed by atoms with E-state index in [1.54, 1.807) is 4.90 Å². The molecule has 1 atom stereocenters. The van der Waals surface area contributed by atoms with Gasteiger partial charge in [-0.1, -0.05) is 11.6 Å². The molecule has 1 fully saturated rings. The molecule has 1 saturated heterocycles. The molecule has 8 nitrogen and oxygen atoms in total. The largest absolute Gasteiger partial charge is 0.465 e. The van der Waals surface area contributed by atoms with Crippen molar-refractivity contribution in [1.82, 2.24) is 9.80 Å². The topological polar surface area (TPSA) is 104 Å². The van der Waals surface area contributed by atoms with Crippen molar-refractivity contribution >= 4 is 29.3 Å². The van der Waals surface area contributed by atoms with Crippen molar-refractivity contribution in [1.29, 1.82) is 0 Å². The molecule has 0 bridgehead atoms. The summed E-state index contributed by atoms with van der Waals surface area (Å²) in [5.74, 6) is -0.367. The fourth-order valence-corrected chi connectivity index (χ4v) is 3.50. The normalized spacial score (nSPS) is 17.7. The highest BCUT2D eigenvalue weighted by atomic mass is 35.5. The van der Waals surface area contributed by atoms with Gasteiger partial charge in [-0.3, -0.25) is 19.8 Å². The lowest BCUT2D eigenvalue weighted by Gasteiger charge is -2.44. The Bertz CT molecular complexity index is 732. The molecule has 1 heterocycles. The third-order valence-electron chi connectivity index (χ3n) is 4.37. The number of carbonyl (C=O) groups is 2. The molecule has 0 aromatic heterocycles. The molecule has 1 aromatic rings. The number of benzene rings is 1. The third kappa shape index (κ3) is 4.24. The van der Waals surface area contributed by atoms with Crippen molar-refractivity contribution in [3.05, 3.63) is 38.9 Å². The highest BCUT2D eigenvalue weighted by Gasteiger charge is 2.37. The van der Waals surface area contributed by atoms with Crippen molar-refractivity contribution in [3.8, 4) is 0 Å². The van der Waals surface area contributed by atoms with Gasteiger partial charge in [0.25, 0.3) is 11.6 Å². The monoisotopic (exact) mass is 383 g/mol. The van der Waals surface area contributed by atoms with E-state index >= 15 is 0 Å². The zero-order chi connectivity index (χ0) is 19.6. The van der Waals surface area contributed by atoms with E-state index in [1.165, 1.54) is 17.0 Å². The molecule has 2 rings (SSSR count). The summed E-state index contributed by atoms with van der Waals surface area (Å²) >= 11 is 5.79. The van der Waals surface area contributed by atoms with Crippen LogP contribution in [0.25, 0.3) is 0 Å². The average molecular weight is 384 g/mol. The van der Waals surface area contributed by atoms with E-state index in [0.29, 0.717) is 19.4 Å². The third-order valence-corrected chi connectivity index (χ3v) is 4.69. The minimum atomic E-state index is -1.03. The van der Waals surface area contributed by atoms with Gasteiger partial charge in [0.2, 0.25) is 0 Å². The number of nitro groups is 1. The Morgan fingerprint density at radius 2 is 2.04 bits per heavy atom. The molecule has 9 heteroatoms. The number of rotatable bonds is 3. The summed E-state index contributed by atoms with van der Waals surface area (Å²) in [6.45, 7) is 6.15. The van der Waals surface area contributed by atoms with Crippen molar-refractivity contribution < 1.29 is 19.6 Å². The molecule has 1 aliphatic rings. The van der Waals surface area contributed by atoms with Gasteiger partial charge in [-0.05, 0) is 45.7 Å². The van der Waals surface area contributed by atoms with Crippen LogP contribution in [0.15, 0.2) is 18.2 Å². The van der Waals surface area contributed by atoms with Crippen molar-refractivity contribution in [2.45, 2.75) is 45.2 Å². The van der Waals surface area contributed by atoms with Crippen LogP contribution in [0.3, 0.4) is 0 Å². The first-order valence-electron chi connectivity index (χ1n) is 8.28. The van der Waals surface area contributed by atoms with Crippen LogP contribution in [0, 0.1) is 10.1 Å². The second kappa shape index (κ2) is 7.49. The molecule has 1 N–H and O–H groups in total. The second-order valence-electron chi connectivity index (χ2n) is 7.29. The van der Waals surface area contributed by atoms with Gasteiger partial charge < -0.3 is 10.0 Å². The summed E-state index contributed by atoms with van der Waals surface area (Å²) in [6.07, 6.45) is 0.291. The van der Waals surface area contributed by atoms with E-state index in [2.05, 4.69) is 0 Å². The van der Waals surface area contributed by atoms with E-state index in [4.69, 9.17) is 11.6 Å². The quantitative estimate of drug-likeness (QED) is 0.633. The maximum atomic E-state index is 12.8. The van der Waals surface area contributed by atoms with Crippen molar-refractivity contribution in [2.75, 3.05) is 13.1 Å². The minimum Gasteiger partial charge on any atom is -0.465 e. The lowest BCUT2D eigenvalue weighted by molar-refractivity contribution is -0.384. The first-order chi connectivity index (χ1) is 12.0. The second-order valence-corrected chi connectivity index (χ2v) is 7.70. The Morgan fingerprint density at radius 3 is 2.58 bits per heavy atom. The highest BCUT2D eigenvalue weighted by Crippen LogP contribution is 2.28. The molecular weight excluding hydrogens is 362 g/mol. The number of nitro benzene ring substituents is 1. The summed E-state index contributed by atoms with van der Waals surface area (Å²) in [5.41, 5.74) is -0.756. The van der Waals surface area contributed by atoms with Crippen LogP contribution >= 0.6 is 11.6 Å². The summed E-state index contributed by atoms with van der Waals surface area (Å²) in [7, 11) is 0. The first-order valence-corrected chi connectivity index (χ1v) is 8.65. The number of halogens is 1. The summed E-state index contributed by atoms with van der Waals surface area (Å²) in [4.78, 5) is 37.8. The van der Waals surface area contributed by atoms with E-state index in [0.717, 1.165) is 6.07 Å². The number of nitrogens with zero attached hydrogens (tertiary/aromatic N) is 3. The van der Waals surface area contributed by atoms with Gasteiger partial charge in [-0.2, -0.15) is 0 Å². The molecule has 26 heavy (non-hydrogen) atoms. The molecule has 1 aliphatic heterocycles. The molecule has 0 unspecified atom stereocenters. The predicted molar refractivity (Wildman–Crippen MR) is 96.6 cm³/mol. The smallest absolute Gasteiger partial charge is 0.408 e. The molecule has 2 amide bonds. The van der Waals surface area contributed by atoms with Gasteiger partial charge in [-0.15, -0.1) is 0 Å². The number of hydrogen-bond donors (Lipinski definition) is 1. The number of amides is 2. The molecule has 0 aliphatic carbocycles. The summed E-state index contributed by atoms with van der Waals surface area (Å²) in [6, 6.07) is 3.60. The van der Waals surface area contributed by atoms with Crippen LogP contribution in [0.4, 0.5) is 10.5 Å². The Labute approximate surface area is 156 Å².